The van der Waals surface area contributed by atoms with Gasteiger partial charge in [-0.3, -0.25) is 4.57 Å². The van der Waals surface area contributed by atoms with E-state index in [1.54, 1.807) is 0 Å². The summed E-state index contributed by atoms with van der Waals surface area (Å²) in [7, 11) is -2.08. The van der Waals surface area contributed by atoms with Crippen LogP contribution >= 0.6 is 7.60 Å². The number of hydrogen-bond acceptors (Lipinski definition) is 2. The van der Waals surface area contributed by atoms with Crippen molar-refractivity contribution in [2.24, 2.45) is 0 Å². The summed E-state index contributed by atoms with van der Waals surface area (Å²) < 4.78 is 18.1. The van der Waals surface area contributed by atoms with Gasteiger partial charge in [-0.05, 0) is 18.4 Å². The third-order valence-electron chi connectivity index (χ3n) is 5.17. The molecule has 0 spiro atoms. The predicted octanol–water partition coefficient (Wildman–Crippen LogP) is 6.05. The number of aromatic nitrogens is 1. The summed E-state index contributed by atoms with van der Waals surface area (Å²) >= 11 is 0. The SMILES string of the molecule is CCCCCCCCCCCCCc1cc[n+](CCCP(=O)(O)OC)cc1. The van der Waals surface area contributed by atoms with Gasteiger partial charge in [0.05, 0.1) is 6.16 Å². The van der Waals surface area contributed by atoms with Crippen LogP contribution in [0.1, 0.15) is 89.5 Å². The second kappa shape index (κ2) is 15.2. The molecule has 1 rings (SSSR count). The minimum atomic E-state index is -3.37. The molecule has 1 aromatic heterocycles. The molecule has 0 bridgehead atoms. The van der Waals surface area contributed by atoms with Gasteiger partial charge in [0, 0.05) is 25.7 Å². The lowest BCUT2D eigenvalue weighted by Gasteiger charge is -2.06. The molecule has 1 unspecified atom stereocenters. The molecule has 156 valence electrons. The van der Waals surface area contributed by atoms with Crippen LogP contribution in [-0.4, -0.2) is 18.2 Å². The molecule has 0 fully saturated rings. The first-order chi connectivity index (χ1) is 13.1. The van der Waals surface area contributed by atoms with Crippen molar-refractivity contribution in [3.63, 3.8) is 0 Å². The molecule has 4 nitrogen and oxygen atoms in total. The summed E-state index contributed by atoms with van der Waals surface area (Å²) in [5.74, 6) is 0. The lowest BCUT2D eigenvalue weighted by molar-refractivity contribution is -0.696. The smallest absolute Gasteiger partial charge is 0.324 e. The van der Waals surface area contributed by atoms with Crippen molar-refractivity contribution in [1.29, 1.82) is 0 Å². The van der Waals surface area contributed by atoms with Crippen molar-refractivity contribution in [2.75, 3.05) is 13.3 Å². The molecular weight excluding hydrogens is 357 g/mol. The molecule has 1 aromatic rings. The van der Waals surface area contributed by atoms with Crippen molar-refractivity contribution in [2.45, 2.75) is 96.9 Å². The molecule has 0 saturated carbocycles. The average molecular weight is 399 g/mol. The Hall–Kier alpha value is -0.700. The molecule has 0 aliphatic carbocycles. The van der Waals surface area contributed by atoms with E-state index >= 15 is 0 Å². The summed E-state index contributed by atoms with van der Waals surface area (Å²) in [6.07, 6.45) is 21.3. The van der Waals surface area contributed by atoms with E-state index in [0.29, 0.717) is 6.42 Å². The van der Waals surface area contributed by atoms with Gasteiger partial charge in [0.25, 0.3) is 0 Å². The van der Waals surface area contributed by atoms with Crippen LogP contribution in [0.4, 0.5) is 0 Å². The quantitative estimate of drug-likeness (QED) is 0.197. The van der Waals surface area contributed by atoms with Crippen molar-refractivity contribution < 1.29 is 18.5 Å². The Morgan fingerprint density at radius 1 is 0.889 bits per heavy atom. The van der Waals surface area contributed by atoms with Crippen molar-refractivity contribution >= 4 is 7.60 Å². The van der Waals surface area contributed by atoms with Crippen LogP contribution in [0.3, 0.4) is 0 Å². The Labute approximate surface area is 166 Å². The summed E-state index contributed by atoms with van der Waals surface area (Å²) in [4.78, 5) is 9.40. The fraction of sp³-hybridized carbons (Fsp3) is 0.773. The monoisotopic (exact) mass is 398 g/mol. The third kappa shape index (κ3) is 13.2. The second-order valence-corrected chi connectivity index (χ2v) is 9.71. The molecule has 1 atom stereocenters. The highest BCUT2D eigenvalue weighted by Crippen LogP contribution is 2.40. The summed E-state index contributed by atoms with van der Waals surface area (Å²) in [6, 6.07) is 4.34. The van der Waals surface area contributed by atoms with Crippen LogP contribution < -0.4 is 4.57 Å². The highest BCUT2D eigenvalue weighted by molar-refractivity contribution is 7.52. The van der Waals surface area contributed by atoms with Gasteiger partial charge in [-0.25, -0.2) is 4.57 Å². The minimum absolute atomic E-state index is 0.205. The minimum Gasteiger partial charge on any atom is -0.324 e. The van der Waals surface area contributed by atoms with Gasteiger partial charge in [-0.1, -0.05) is 71.1 Å². The zero-order chi connectivity index (χ0) is 19.8. The number of hydrogen-bond donors (Lipinski definition) is 1. The maximum absolute atomic E-state index is 11.4. The van der Waals surface area contributed by atoms with Gasteiger partial charge in [0.15, 0.2) is 12.4 Å². The topological polar surface area (TPSA) is 50.4 Å². The number of pyridine rings is 1. The zero-order valence-electron chi connectivity index (χ0n) is 17.6. The Bertz CT molecular complexity index is 519. The van der Waals surface area contributed by atoms with E-state index in [-0.39, 0.29) is 6.16 Å². The van der Waals surface area contributed by atoms with Crippen LogP contribution in [0.2, 0.25) is 0 Å². The van der Waals surface area contributed by atoms with E-state index in [1.807, 2.05) is 0 Å². The zero-order valence-corrected chi connectivity index (χ0v) is 18.5. The van der Waals surface area contributed by atoms with E-state index in [0.717, 1.165) is 13.0 Å². The molecule has 0 amide bonds. The third-order valence-corrected chi connectivity index (χ3v) is 6.62. The predicted molar refractivity (Wildman–Crippen MR) is 113 cm³/mol. The molecule has 1 N–H and O–H groups in total. The van der Waals surface area contributed by atoms with E-state index in [4.69, 9.17) is 0 Å². The van der Waals surface area contributed by atoms with E-state index < -0.39 is 7.60 Å². The van der Waals surface area contributed by atoms with Gasteiger partial charge >= 0.3 is 7.60 Å². The lowest BCUT2D eigenvalue weighted by atomic mass is 10.0. The molecular formula is C22H41NO3P+. The van der Waals surface area contributed by atoms with Gasteiger partial charge in [0.2, 0.25) is 0 Å². The Kier molecular flexibility index (Phi) is 13.7. The molecule has 0 saturated heterocycles. The highest BCUT2D eigenvalue weighted by atomic mass is 31.2. The number of aryl methyl sites for hydroxylation is 2. The van der Waals surface area contributed by atoms with Crippen LogP contribution in [0, 0.1) is 0 Å². The highest BCUT2D eigenvalue weighted by Gasteiger charge is 2.17. The van der Waals surface area contributed by atoms with Crippen LogP contribution in [0.5, 0.6) is 0 Å². The van der Waals surface area contributed by atoms with Gasteiger partial charge in [-0.2, -0.15) is 0 Å². The molecule has 27 heavy (non-hydrogen) atoms. The Morgan fingerprint density at radius 2 is 1.41 bits per heavy atom. The van der Waals surface area contributed by atoms with E-state index in [1.165, 1.54) is 83.3 Å². The van der Waals surface area contributed by atoms with Crippen LogP contribution in [0.25, 0.3) is 0 Å². The van der Waals surface area contributed by atoms with Crippen LogP contribution in [-0.2, 0) is 22.1 Å². The van der Waals surface area contributed by atoms with Gasteiger partial charge < -0.3 is 9.42 Å². The van der Waals surface area contributed by atoms with Gasteiger partial charge in [0.1, 0.15) is 6.54 Å². The normalized spacial score (nSPS) is 13.6. The molecule has 0 aliphatic heterocycles. The summed E-state index contributed by atoms with van der Waals surface area (Å²) in [5.41, 5.74) is 1.38. The summed E-state index contributed by atoms with van der Waals surface area (Å²) in [5, 5.41) is 0. The van der Waals surface area contributed by atoms with Crippen molar-refractivity contribution in [3.8, 4) is 0 Å². The van der Waals surface area contributed by atoms with Crippen molar-refractivity contribution in [1.82, 2.24) is 0 Å². The van der Waals surface area contributed by atoms with Gasteiger partial charge in [-0.15, -0.1) is 0 Å². The molecule has 0 aliphatic rings. The number of nitrogens with zero attached hydrogens (tertiary/aromatic N) is 1. The average Bonchev–Trinajstić information content (AvgIpc) is 2.67. The second-order valence-electron chi connectivity index (χ2n) is 7.63. The number of unbranched alkanes of at least 4 members (excludes halogenated alkanes) is 10. The lowest BCUT2D eigenvalue weighted by Crippen LogP contribution is -2.33. The molecule has 5 heteroatoms. The first-order valence-corrected chi connectivity index (χ1v) is 12.7. The molecule has 1 heterocycles. The standard InChI is InChI=1S/C22H40NO3P/c1-3-4-5-6-7-8-9-10-11-12-13-15-22-16-19-23(20-17-22)18-14-21-27(24,25)26-2/h16-17,19-20H,3-15,18,21H2,1-2H3/p+1. The van der Waals surface area contributed by atoms with Crippen LogP contribution in [0.15, 0.2) is 24.5 Å². The van der Waals surface area contributed by atoms with E-state index in [2.05, 4.69) is 40.5 Å². The Morgan fingerprint density at radius 3 is 1.93 bits per heavy atom. The van der Waals surface area contributed by atoms with Crippen molar-refractivity contribution in [3.05, 3.63) is 30.1 Å². The molecule has 0 aromatic carbocycles. The summed E-state index contributed by atoms with van der Waals surface area (Å²) in [6.45, 7) is 3.02. The fourth-order valence-corrected chi connectivity index (χ4v) is 4.07. The number of rotatable bonds is 17. The Balaban J connectivity index is 2.02. The maximum Gasteiger partial charge on any atom is 0.328 e. The van der Waals surface area contributed by atoms with E-state index in [9.17, 15) is 9.46 Å². The molecule has 0 radical (unpaired) electrons. The first kappa shape index (κ1) is 24.3. The first-order valence-electron chi connectivity index (χ1n) is 10.9. The largest absolute Gasteiger partial charge is 0.328 e. The fourth-order valence-electron chi connectivity index (χ4n) is 3.34. The maximum atomic E-state index is 11.4.